The molecule has 1 aromatic heterocycles. The van der Waals surface area contributed by atoms with E-state index in [4.69, 9.17) is 18.9 Å². The first kappa shape index (κ1) is 41.2. The number of esters is 1. The minimum Gasteiger partial charge on any atom is -0.463 e. The van der Waals surface area contributed by atoms with Crippen LogP contribution in [0, 0.1) is 17.3 Å². The second kappa shape index (κ2) is 17.5. The highest BCUT2D eigenvalue weighted by molar-refractivity contribution is 6.04. The Hall–Kier alpha value is -2.55. The molecule has 13 heteroatoms. The summed E-state index contributed by atoms with van der Waals surface area (Å²) < 4.78 is 25.1. The van der Waals surface area contributed by atoms with Gasteiger partial charge in [-0.25, -0.2) is 9.97 Å². The molecule has 4 rings (SSSR count). The number of carbonyl (C=O) groups is 3. The minimum atomic E-state index is -1.50. The maximum Gasteiger partial charge on any atom is 0.319 e. The number of hydrogen-bond donors (Lipinski definition) is 1. The number of rotatable bonds is 9. The summed E-state index contributed by atoms with van der Waals surface area (Å²) in [5, 5.41) is 11.4. The first-order valence-corrected chi connectivity index (χ1v) is 18.7. The van der Waals surface area contributed by atoms with Crippen LogP contribution in [0.1, 0.15) is 91.8 Å². The Morgan fingerprint density at radius 1 is 1.18 bits per heavy atom. The van der Waals surface area contributed by atoms with Gasteiger partial charge in [0.2, 0.25) is 5.91 Å². The fourth-order valence-electron chi connectivity index (χ4n) is 8.21. The summed E-state index contributed by atoms with van der Waals surface area (Å²) in [6, 6.07) is -0.440. The topological polar surface area (TPSA) is 144 Å². The lowest BCUT2D eigenvalue weighted by Crippen LogP contribution is -2.59. The zero-order valence-electron chi connectivity index (χ0n) is 32.6. The number of nitrogens with zero attached hydrogens (tertiary/aromatic N) is 5. The minimum absolute atomic E-state index is 0.0345. The third-order valence-corrected chi connectivity index (χ3v) is 11.3. The highest BCUT2D eigenvalue weighted by Gasteiger charge is 2.51. The number of amides is 1. The van der Waals surface area contributed by atoms with E-state index >= 15 is 0 Å². The van der Waals surface area contributed by atoms with Crippen LogP contribution < -0.4 is 0 Å². The molecule has 1 aromatic rings. The molecule has 1 N–H and O–H groups in total. The lowest BCUT2D eigenvalue weighted by atomic mass is 9.74. The average molecular weight is 718 g/mol. The lowest BCUT2D eigenvalue weighted by molar-refractivity contribution is -0.295. The number of ether oxygens (including phenoxy) is 4. The highest BCUT2D eigenvalue weighted by atomic mass is 16.7. The van der Waals surface area contributed by atoms with Gasteiger partial charge in [0.15, 0.2) is 12.1 Å². The number of fused-ring (bicyclic) bond motifs is 1. The number of methoxy groups -OCH3 is 1. The van der Waals surface area contributed by atoms with Gasteiger partial charge in [-0.3, -0.25) is 19.3 Å². The van der Waals surface area contributed by atoms with E-state index in [1.807, 2.05) is 43.9 Å². The average Bonchev–Trinajstić information content (AvgIpc) is 3.09. The monoisotopic (exact) mass is 717 g/mol. The van der Waals surface area contributed by atoms with Gasteiger partial charge in [-0.2, -0.15) is 0 Å². The van der Waals surface area contributed by atoms with Gasteiger partial charge >= 0.3 is 5.97 Å². The summed E-state index contributed by atoms with van der Waals surface area (Å²) in [6.07, 6.45) is 3.85. The number of hydrogen-bond acceptors (Lipinski definition) is 12. The van der Waals surface area contributed by atoms with Gasteiger partial charge in [0.1, 0.15) is 24.5 Å². The van der Waals surface area contributed by atoms with Crippen molar-refractivity contribution in [2.75, 3.05) is 47.4 Å². The van der Waals surface area contributed by atoms with E-state index in [-0.39, 0.29) is 42.4 Å². The molecule has 0 unspecified atom stereocenters. The van der Waals surface area contributed by atoms with E-state index < -0.39 is 41.4 Å². The van der Waals surface area contributed by atoms with Crippen LogP contribution in [-0.2, 0) is 46.3 Å². The Labute approximate surface area is 304 Å². The number of ketones is 1. The van der Waals surface area contributed by atoms with Crippen LogP contribution in [0.4, 0.5) is 0 Å². The van der Waals surface area contributed by atoms with Gasteiger partial charge in [-0.05, 0) is 91.9 Å². The third kappa shape index (κ3) is 9.71. The van der Waals surface area contributed by atoms with Crippen molar-refractivity contribution in [2.45, 2.75) is 136 Å². The summed E-state index contributed by atoms with van der Waals surface area (Å²) in [5.74, 6) is -1.69. The van der Waals surface area contributed by atoms with E-state index in [9.17, 15) is 19.5 Å². The molecule has 9 atom stereocenters. The maximum absolute atomic E-state index is 14.3. The second-order valence-corrected chi connectivity index (χ2v) is 16.1. The Morgan fingerprint density at radius 2 is 1.90 bits per heavy atom. The number of aromatic nitrogens is 2. The highest BCUT2D eigenvalue weighted by Crippen LogP contribution is 2.38. The van der Waals surface area contributed by atoms with Crippen LogP contribution in [0.15, 0.2) is 12.5 Å². The molecule has 51 heavy (non-hydrogen) atoms. The van der Waals surface area contributed by atoms with Crippen LogP contribution in [0.3, 0.4) is 0 Å². The van der Waals surface area contributed by atoms with Crippen molar-refractivity contribution in [3.05, 3.63) is 23.8 Å². The number of aliphatic hydroxyl groups excluding tert-OH is 1. The molecule has 2 fully saturated rings. The fraction of sp³-hybridized carbons (Fsp3) is 0.816. The summed E-state index contributed by atoms with van der Waals surface area (Å²) in [7, 11) is 5.44. The zero-order valence-corrected chi connectivity index (χ0v) is 32.6. The van der Waals surface area contributed by atoms with Gasteiger partial charge in [0.25, 0.3) is 0 Å². The second-order valence-electron chi connectivity index (χ2n) is 16.1. The van der Waals surface area contributed by atoms with Gasteiger partial charge in [0, 0.05) is 50.8 Å². The van der Waals surface area contributed by atoms with Crippen LogP contribution in [0.5, 0.6) is 0 Å². The SMILES string of the molecule is CCCN1C[C@H](C)C[C@@](C)(OC)[C@H](O[C@@H]2O[C@H](C)C[C@H](N(C)C)[C@H]2O)[C@@H](C)C(=O)C(C)(C)C(=O)OC[C@H]1CCC(=O)N1CCc2cncnc2C1. The van der Waals surface area contributed by atoms with Crippen molar-refractivity contribution in [3.63, 3.8) is 0 Å². The van der Waals surface area contributed by atoms with Gasteiger partial charge in [-0.15, -0.1) is 0 Å². The third-order valence-electron chi connectivity index (χ3n) is 11.3. The molecule has 0 spiro atoms. The smallest absolute Gasteiger partial charge is 0.319 e. The molecule has 4 heterocycles. The molecule has 3 aliphatic rings. The lowest BCUT2D eigenvalue weighted by Gasteiger charge is -2.47. The normalized spacial score (nSPS) is 34.2. The molecule has 3 aliphatic heterocycles. The molecule has 0 radical (unpaired) electrons. The van der Waals surface area contributed by atoms with Gasteiger partial charge in [0.05, 0.1) is 30.0 Å². The van der Waals surface area contributed by atoms with Crippen LogP contribution in [0.25, 0.3) is 0 Å². The number of Topliss-reactive ketones (excluding diaryl/α,β-unsaturated/α-hetero) is 1. The van der Waals surface area contributed by atoms with Crippen molar-refractivity contribution in [3.8, 4) is 0 Å². The molecule has 0 saturated carbocycles. The number of likely N-dealkylation sites (N-methyl/N-ethyl adjacent to an activating group) is 1. The van der Waals surface area contributed by atoms with Gasteiger partial charge in [-0.1, -0.05) is 20.8 Å². The van der Waals surface area contributed by atoms with Crippen LogP contribution in [0.2, 0.25) is 0 Å². The number of aliphatic hydroxyl groups is 1. The molecular weight excluding hydrogens is 654 g/mol. The largest absolute Gasteiger partial charge is 0.463 e. The quantitative estimate of drug-likeness (QED) is 0.296. The van der Waals surface area contributed by atoms with E-state index in [1.54, 1.807) is 27.9 Å². The summed E-state index contributed by atoms with van der Waals surface area (Å²) in [6.45, 7) is 15.6. The van der Waals surface area contributed by atoms with Crippen molar-refractivity contribution in [2.24, 2.45) is 17.3 Å². The molecule has 288 valence electrons. The van der Waals surface area contributed by atoms with Crippen molar-refractivity contribution in [1.29, 1.82) is 0 Å². The van der Waals surface area contributed by atoms with Crippen molar-refractivity contribution < 1.29 is 38.4 Å². The number of carbonyl (C=O) groups excluding carboxylic acids is 3. The van der Waals surface area contributed by atoms with E-state index in [2.05, 4.69) is 28.7 Å². The Balaban J connectivity index is 1.61. The Bertz CT molecular complexity index is 1340. The molecule has 0 aromatic carbocycles. The predicted octanol–water partition coefficient (Wildman–Crippen LogP) is 3.25. The molecule has 2 saturated heterocycles. The Morgan fingerprint density at radius 3 is 2.57 bits per heavy atom. The van der Waals surface area contributed by atoms with E-state index in [0.717, 1.165) is 24.2 Å². The summed E-state index contributed by atoms with van der Waals surface area (Å²) in [5.41, 5.74) is -0.538. The molecule has 13 nitrogen and oxygen atoms in total. The summed E-state index contributed by atoms with van der Waals surface area (Å²) >= 11 is 0. The fourth-order valence-corrected chi connectivity index (χ4v) is 8.21. The maximum atomic E-state index is 14.3. The molecular formula is C38H63N5O8. The van der Waals surface area contributed by atoms with Crippen LogP contribution in [-0.4, -0.2) is 137 Å². The molecule has 1 amide bonds. The Kier molecular flexibility index (Phi) is 14.2. The molecule has 0 aliphatic carbocycles. The van der Waals surface area contributed by atoms with Gasteiger partial charge < -0.3 is 33.9 Å². The zero-order chi connectivity index (χ0) is 37.7. The first-order chi connectivity index (χ1) is 24.0. The van der Waals surface area contributed by atoms with Crippen molar-refractivity contribution in [1.82, 2.24) is 24.7 Å². The standard InChI is InChI=1S/C38H63N5O8/c1-11-15-42-20-24(2)18-38(7,48-10)34(51-35-32(45)30(41(8)9)17-25(3)50-35)26(4)33(46)37(5,6)36(47)49-22-28(42)12-13-31(44)43-16-14-27-19-39-23-40-29(27)21-43/h19,23-26,28,30,32,34-35,45H,11-18,20-22H2,1-10H3/t24-,25-,26+,28-,30+,32-,34-,35+,38-/m1/s1. The van der Waals surface area contributed by atoms with Crippen LogP contribution >= 0.6 is 0 Å². The van der Waals surface area contributed by atoms with E-state index in [0.29, 0.717) is 51.7 Å². The van der Waals surface area contributed by atoms with E-state index in [1.165, 1.54) is 6.33 Å². The summed E-state index contributed by atoms with van der Waals surface area (Å²) in [4.78, 5) is 56.3. The van der Waals surface area contributed by atoms with Crippen molar-refractivity contribution >= 4 is 17.7 Å². The number of cyclic esters (lactones) is 1. The molecule has 0 bridgehead atoms. The first-order valence-electron chi connectivity index (χ1n) is 18.7. The predicted molar refractivity (Wildman–Crippen MR) is 191 cm³/mol.